The summed E-state index contributed by atoms with van der Waals surface area (Å²) in [5.74, 6) is 0.0843. The van der Waals surface area contributed by atoms with Crippen molar-refractivity contribution in [3.8, 4) is 5.69 Å². The van der Waals surface area contributed by atoms with Gasteiger partial charge in [-0.25, -0.2) is 9.37 Å². The molecule has 0 aliphatic carbocycles. The first-order valence-electron chi connectivity index (χ1n) is 6.05. The van der Waals surface area contributed by atoms with Gasteiger partial charge in [0.25, 0.3) is 0 Å². The zero-order chi connectivity index (χ0) is 13.3. The van der Waals surface area contributed by atoms with Gasteiger partial charge in [0.1, 0.15) is 5.82 Å². The van der Waals surface area contributed by atoms with Gasteiger partial charge in [0.2, 0.25) is 0 Å². The number of hydrogen-bond acceptors (Lipinski definition) is 2. The standard InChI is InChI=1S/C14H18FN3/c1-9(2)14(16)13-7-17-8-18(13)11-5-4-10(3)12(15)6-11/h4-9,14H,16H2,1-3H3. The molecule has 1 unspecified atom stereocenters. The number of hydrogen-bond donors (Lipinski definition) is 1. The molecule has 1 atom stereocenters. The molecule has 0 fully saturated rings. The number of rotatable bonds is 3. The monoisotopic (exact) mass is 247 g/mol. The molecule has 2 aromatic rings. The average Bonchev–Trinajstić information content (AvgIpc) is 2.80. The van der Waals surface area contributed by atoms with Gasteiger partial charge in [0, 0.05) is 11.7 Å². The molecule has 0 spiro atoms. The molecule has 1 aromatic heterocycles. The SMILES string of the molecule is Cc1ccc(-n2cncc2C(N)C(C)C)cc1F. The largest absolute Gasteiger partial charge is 0.322 e. The summed E-state index contributed by atoms with van der Waals surface area (Å²) in [5.41, 5.74) is 8.41. The fourth-order valence-electron chi connectivity index (χ4n) is 1.84. The van der Waals surface area contributed by atoms with Gasteiger partial charge < -0.3 is 10.3 Å². The van der Waals surface area contributed by atoms with Gasteiger partial charge >= 0.3 is 0 Å². The molecule has 1 heterocycles. The summed E-state index contributed by atoms with van der Waals surface area (Å²) in [4.78, 5) is 4.11. The fraction of sp³-hybridized carbons (Fsp3) is 0.357. The van der Waals surface area contributed by atoms with E-state index in [-0.39, 0.29) is 11.9 Å². The molecule has 2 N–H and O–H groups in total. The minimum absolute atomic E-state index is 0.114. The van der Waals surface area contributed by atoms with Crippen LogP contribution >= 0.6 is 0 Å². The summed E-state index contributed by atoms with van der Waals surface area (Å²) in [7, 11) is 0. The quantitative estimate of drug-likeness (QED) is 0.906. The van der Waals surface area contributed by atoms with Crippen LogP contribution in [0.1, 0.15) is 31.1 Å². The summed E-state index contributed by atoms with van der Waals surface area (Å²) in [6.07, 6.45) is 3.41. The molecule has 3 nitrogen and oxygen atoms in total. The van der Waals surface area contributed by atoms with Gasteiger partial charge in [-0.05, 0) is 30.5 Å². The number of imidazole rings is 1. The van der Waals surface area contributed by atoms with Crippen LogP contribution in [0.5, 0.6) is 0 Å². The van der Waals surface area contributed by atoms with E-state index < -0.39 is 0 Å². The van der Waals surface area contributed by atoms with Crippen LogP contribution in [0.25, 0.3) is 5.69 Å². The predicted octanol–water partition coefficient (Wildman–Crippen LogP) is 2.98. The highest BCUT2D eigenvalue weighted by atomic mass is 19.1. The maximum atomic E-state index is 13.6. The van der Waals surface area contributed by atoms with Crippen molar-refractivity contribution in [1.29, 1.82) is 0 Å². The molecular weight excluding hydrogens is 229 g/mol. The Morgan fingerprint density at radius 1 is 1.33 bits per heavy atom. The summed E-state index contributed by atoms with van der Waals surface area (Å²) in [5, 5.41) is 0. The molecule has 0 saturated heterocycles. The first-order chi connectivity index (χ1) is 8.50. The molecule has 0 saturated carbocycles. The van der Waals surface area contributed by atoms with E-state index in [1.807, 2.05) is 10.6 Å². The van der Waals surface area contributed by atoms with Crippen molar-refractivity contribution >= 4 is 0 Å². The lowest BCUT2D eigenvalue weighted by Crippen LogP contribution is -2.19. The number of aromatic nitrogens is 2. The minimum Gasteiger partial charge on any atom is -0.322 e. The van der Waals surface area contributed by atoms with Crippen molar-refractivity contribution in [2.45, 2.75) is 26.8 Å². The highest BCUT2D eigenvalue weighted by Gasteiger charge is 2.16. The van der Waals surface area contributed by atoms with Crippen LogP contribution in [0.2, 0.25) is 0 Å². The molecule has 0 bridgehead atoms. The van der Waals surface area contributed by atoms with Crippen molar-refractivity contribution < 1.29 is 4.39 Å². The van der Waals surface area contributed by atoms with Crippen molar-refractivity contribution in [2.75, 3.05) is 0 Å². The van der Waals surface area contributed by atoms with Gasteiger partial charge in [-0.1, -0.05) is 19.9 Å². The van der Waals surface area contributed by atoms with E-state index in [2.05, 4.69) is 18.8 Å². The summed E-state index contributed by atoms with van der Waals surface area (Å²) >= 11 is 0. The first kappa shape index (κ1) is 12.8. The van der Waals surface area contributed by atoms with Crippen LogP contribution in [0.3, 0.4) is 0 Å². The van der Waals surface area contributed by atoms with Gasteiger partial charge in [0.15, 0.2) is 0 Å². The zero-order valence-electron chi connectivity index (χ0n) is 10.9. The fourth-order valence-corrected chi connectivity index (χ4v) is 1.84. The molecule has 0 radical (unpaired) electrons. The Hall–Kier alpha value is -1.68. The van der Waals surface area contributed by atoms with Crippen molar-refractivity contribution in [3.05, 3.63) is 47.8 Å². The van der Waals surface area contributed by atoms with Crippen LogP contribution in [0, 0.1) is 18.7 Å². The topological polar surface area (TPSA) is 43.8 Å². The normalized spacial score (nSPS) is 13.0. The smallest absolute Gasteiger partial charge is 0.128 e. The van der Waals surface area contributed by atoms with Gasteiger partial charge in [-0.15, -0.1) is 0 Å². The van der Waals surface area contributed by atoms with Crippen molar-refractivity contribution in [2.24, 2.45) is 11.7 Å². The Morgan fingerprint density at radius 2 is 2.06 bits per heavy atom. The van der Waals surface area contributed by atoms with Crippen LogP contribution in [-0.2, 0) is 0 Å². The second kappa shape index (κ2) is 4.90. The van der Waals surface area contributed by atoms with E-state index >= 15 is 0 Å². The zero-order valence-corrected chi connectivity index (χ0v) is 10.9. The lowest BCUT2D eigenvalue weighted by molar-refractivity contribution is 0.496. The molecule has 1 aromatic carbocycles. The van der Waals surface area contributed by atoms with Crippen molar-refractivity contribution in [1.82, 2.24) is 9.55 Å². The average molecular weight is 247 g/mol. The summed E-state index contributed by atoms with van der Waals surface area (Å²) in [6.45, 7) is 5.85. The number of nitrogens with two attached hydrogens (primary N) is 1. The number of nitrogens with zero attached hydrogens (tertiary/aromatic N) is 2. The van der Waals surface area contributed by atoms with Crippen LogP contribution in [-0.4, -0.2) is 9.55 Å². The van der Waals surface area contributed by atoms with Crippen LogP contribution in [0.4, 0.5) is 4.39 Å². The third-order valence-corrected chi connectivity index (χ3v) is 3.16. The molecule has 96 valence electrons. The molecule has 2 rings (SSSR count). The van der Waals surface area contributed by atoms with E-state index in [0.29, 0.717) is 11.5 Å². The Kier molecular flexibility index (Phi) is 3.48. The highest BCUT2D eigenvalue weighted by molar-refractivity contribution is 5.37. The van der Waals surface area contributed by atoms with Gasteiger partial charge in [0.05, 0.1) is 18.2 Å². The van der Waals surface area contributed by atoms with Gasteiger partial charge in [-0.2, -0.15) is 0 Å². The number of aryl methyl sites for hydroxylation is 1. The maximum Gasteiger partial charge on any atom is 0.128 e. The molecule has 0 aliphatic heterocycles. The van der Waals surface area contributed by atoms with E-state index in [1.165, 1.54) is 6.07 Å². The van der Waals surface area contributed by atoms with E-state index in [0.717, 1.165) is 11.4 Å². The molecule has 4 heteroatoms. The lowest BCUT2D eigenvalue weighted by atomic mass is 10.0. The third kappa shape index (κ3) is 2.29. The maximum absolute atomic E-state index is 13.6. The second-order valence-electron chi connectivity index (χ2n) is 4.89. The summed E-state index contributed by atoms with van der Waals surface area (Å²) in [6, 6.07) is 5.02. The Labute approximate surface area is 106 Å². The van der Waals surface area contributed by atoms with E-state index in [9.17, 15) is 4.39 Å². The third-order valence-electron chi connectivity index (χ3n) is 3.16. The predicted molar refractivity (Wildman–Crippen MR) is 70.0 cm³/mol. The first-order valence-corrected chi connectivity index (χ1v) is 6.05. The van der Waals surface area contributed by atoms with Crippen LogP contribution < -0.4 is 5.73 Å². The van der Waals surface area contributed by atoms with Gasteiger partial charge in [-0.3, -0.25) is 0 Å². The lowest BCUT2D eigenvalue weighted by Gasteiger charge is -2.18. The molecule has 0 aliphatic rings. The van der Waals surface area contributed by atoms with Crippen molar-refractivity contribution in [3.63, 3.8) is 0 Å². The molecule has 0 amide bonds. The molecular formula is C14H18FN3. The summed E-state index contributed by atoms with van der Waals surface area (Å²) < 4.78 is 15.4. The Bertz CT molecular complexity index is 546. The van der Waals surface area contributed by atoms with E-state index in [4.69, 9.17) is 5.73 Å². The van der Waals surface area contributed by atoms with E-state index in [1.54, 1.807) is 25.5 Å². The Morgan fingerprint density at radius 3 is 2.67 bits per heavy atom. The Balaban J connectivity index is 2.45. The highest BCUT2D eigenvalue weighted by Crippen LogP contribution is 2.22. The molecule has 18 heavy (non-hydrogen) atoms. The second-order valence-corrected chi connectivity index (χ2v) is 4.89. The number of halogens is 1. The minimum atomic E-state index is -0.217. The number of benzene rings is 1. The van der Waals surface area contributed by atoms with Crippen LogP contribution in [0.15, 0.2) is 30.7 Å².